The molecule has 0 saturated carbocycles. The minimum absolute atomic E-state index is 0.238. The lowest BCUT2D eigenvalue weighted by Crippen LogP contribution is -2.42. The largest absolute Gasteiger partial charge is 0.402 e. The quantitative estimate of drug-likeness (QED) is 0.681. The zero-order valence-electron chi connectivity index (χ0n) is 9.41. The zero-order chi connectivity index (χ0) is 13.0. The molecule has 0 radical (unpaired) electrons. The van der Waals surface area contributed by atoms with Crippen molar-refractivity contribution in [1.82, 2.24) is 4.31 Å². The van der Waals surface area contributed by atoms with Crippen molar-refractivity contribution in [3.8, 4) is 0 Å². The first-order chi connectivity index (χ1) is 7.08. The highest BCUT2D eigenvalue weighted by Gasteiger charge is 2.36. The van der Waals surface area contributed by atoms with Crippen LogP contribution in [-0.2, 0) is 14.8 Å². The Morgan fingerprint density at radius 3 is 2.12 bits per heavy atom. The SMILES string of the molecule is COCN(CC(F)(F)F)S(=O)(=O)CC(C)C. The van der Waals surface area contributed by atoms with Gasteiger partial charge in [0.25, 0.3) is 0 Å². The van der Waals surface area contributed by atoms with Crippen molar-refractivity contribution in [3.05, 3.63) is 0 Å². The van der Waals surface area contributed by atoms with Crippen molar-refractivity contribution >= 4 is 10.0 Å². The third kappa shape index (κ3) is 6.29. The second-order valence-electron chi connectivity index (χ2n) is 3.82. The summed E-state index contributed by atoms with van der Waals surface area (Å²) in [6.45, 7) is 1.14. The maximum Gasteiger partial charge on any atom is 0.402 e. The van der Waals surface area contributed by atoms with E-state index in [4.69, 9.17) is 0 Å². The molecule has 16 heavy (non-hydrogen) atoms. The van der Waals surface area contributed by atoms with Crippen LogP contribution in [0.25, 0.3) is 0 Å². The summed E-state index contributed by atoms with van der Waals surface area (Å²) in [6, 6.07) is 0. The van der Waals surface area contributed by atoms with Crippen molar-refractivity contribution in [2.24, 2.45) is 5.92 Å². The number of ether oxygens (including phenoxy) is 1. The number of halogens is 3. The topological polar surface area (TPSA) is 46.6 Å². The second-order valence-corrected chi connectivity index (χ2v) is 5.83. The van der Waals surface area contributed by atoms with E-state index in [-0.39, 0.29) is 11.7 Å². The van der Waals surface area contributed by atoms with Gasteiger partial charge in [-0.2, -0.15) is 17.5 Å². The van der Waals surface area contributed by atoms with Gasteiger partial charge in [0.1, 0.15) is 13.3 Å². The van der Waals surface area contributed by atoms with Gasteiger partial charge in [-0.25, -0.2) is 8.42 Å². The number of hydrogen-bond acceptors (Lipinski definition) is 3. The number of sulfonamides is 1. The Balaban J connectivity index is 4.77. The fraction of sp³-hybridized carbons (Fsp3) is 1.00. The number of rotatable bonds is 6. The summed E-state index contributed by atoms with van der Waals surface area (Å²) in [7, 11) is -2.78. The van der Waals surface area contributed by atoms with Crippen LogP contribution in [0.3, 0.4) is 0 Å². The van der Waals surface area contributed by atoms with Gasteiger partial charge in [0.15, 0.2) is 0 Å². The third-order valence-corrected chi connectivity index (χ3v) is 3.68. The number of nitrogens with zero attached hydrogens (tertiary/aromatic N) is 1. The van der Waals surface area contributed by atoms with Crippen molar-refractivity contribution in [3.63, 3.8) is 0 Å². The normalized spacial score (nSPS) is 13.8. The van der Waals surface area contributed by atoms with Gasteiger partial charge in [-0.05, 0) is 5.92 Å². The molecule has 0 heterocycles. The Hall–Kier alpha value is -0.340. The molecule has 0 N–H and O–H groups in total. The molecule has 98 valence electrons. The van der Waals surface area contributed by atoms with Crippen molar-refractivity contribution in [1.29, 1.82) is 0 Å². The average Bonchev–Trinajstić information content (AvgIpc) is 1.98. The maximum absolute atomic E-state index is 12.1. The van der Waals surface area contributed by atoms with E-state index >= 15 is 0 Å². The van der Waals surface area contributed by atoms with Crippen LogP contribution < -0.4 is 0 Å². The Labute approximate surface area is 93.4 Å². The lowest BCUT2D eigenvalue weighted by atomic mass is 10.3. The van der Waals surface area contributed by atoms with Crippen molar-refractivity contribution < 1.29 is 26.3 Å². The molecule has 0 unspecified atom stereocenters. The van der Waals surface area contributed by atoms with Gasteiger partial charge in [-0.1, -0.05) is 13.8 Å². The molecule has 0 aliphatic rings. The Morgan fingerprint density at radius 2 is 1.81 bits per heavy atom. The van der Waals surface area contributed by atoms with Gasteiger partial charge >= 0.3 is 6.18 Å². The van der Waals surface area contributed by atoms with Gasteiger partial charge < -0.3 is 4.74 Å². The molecule has 0 rings (SSSR count). The van der Waals surface area contributed by atoms with Gasteiger partial charge in [0, 0.05) is 7.11 Å². The van der Waals surface area contributed by atoms with Crippen molar-refractivity contribution in [2.75, 3.05) is 26.1 Å². The molecule has 4 nitrogen and oxygen atoms in total. The summed E-state index contributed by atoms with van der Waals surface area (Å²) < 4.78 is 64.3. The molecular formula is C8H16F3NO3S. The number of methoxy groups -OCH3 is 1. The van der Waals surface area contributed by atoms with Gasteiger partial charge in [-0.3, -0.25) is 0 Å². The summed E-state index contributed by atoms with van der Waals surface area (Å²) in [6.07, 6.45) is -4.57. The van der Waals surface area contributed by atoms with Crippen LogP contribution in [0.15, 0.2) is 0 Å². The van der Waals surface area contributed by atoms with E-state index in [0.29, 0.717) is 4.31 Å². The van der Waals surface area contributed by atoms with Gasteiger partial charge in [0.2, 0.25) is 10.0 Å². The Kier molecular flexibility index (Phi) is 5.71. The summed E-state index contributed by atoms with van der Waals surface area (Å²) in [5, 5.41) is 0. The van der Waals surface area contributed by atoms with Crippen LogP contribution in [0.2, 0.25) is 0 Å². The maximum atomic E-state index is 12.1. The fourth-order valence-corrected chi connectivity index (χ4v) is 2.76. The standard InChI is InChI=1S/C8H16F3NO3S/c1-7(2)4-16(13,14)12(6-15-3)5-8(9,10)11/h7H,4-6H2,1-3H3. The number of alkyl halides is 3. The fourth-order valence-electron chi connectivity index (χ4n) is 1.09. The van der Waals surface area contributed by atoms with Crippen LogP contribution in [0.5, 0.6) is 0 Å². The van der Waals surface area contributed by atoms with Gasteiger partial charge in [-0.15, -0.1) is 0 Å². The molecule has 0 spiro atoms. The third-order valence-electron chi connectivity index (χ3n) is 1.57. The first-order valence-electron chi connectivity index (χ1n) is 4.62. The van der Waals surface area contributed by atoms with Crippen LogP contribution in [0.4, 0.5) is 13.2 Å². The Morgan fingerprint density at radius 1 is 1.31 bits per heavy atom. The molecule has 0 aromatic carbocycles. The first kappa shape index (κ1) is 15.7. The summed E-state index contributed by atoms with van der Waals surface area (Å²) in [4.78, 5) is 0. The molecule has 0 aromatic rings. The van der Waals surface area contributed by atoms with Crippen LogP contribution in [0.1, 0.15) is 13.8 Å². The van der Waals surface area contributed by atoms with Crippen LogP contribution in [0, 0.1) is 5.92 Å². The highest BCUT2D eigenvalue weighted by Crippen LogP contribution is 2.19. The monoisotopic (exact) mass is 263 g/mol. The summed E-state index contributed by atoms with van der Waals surface area (Å²) in [5.41, 5.74) is 0. The Bertz CT molecular complexity index is 300. The minimum atomic E-state index is -4.57. The van der Waals surface area contributed by atoms with E-state index in [0.717, 1.165) is 7.11 Å². The number of hydrogen-bond donors (Lipinski definition) is 0. The smallest absolute Gasteiger partial charge is 0.368 e. The van der Waals surface area contributed by atoms with Crippen LogP contribution in [-0.4, -0.2) is 45.0 Å². The van der Waals surface area contributed by atoms with Crippen molar-refractivity contribution in [2.45, 2.75) is 20.0 Å². The molecule has 0 saturated heterocycles. The van der Waals surface area contributed by atoms with E-state index in [1.54, 1.807) is 13.8 Å². The zero-order valence-corrected chi connectivity index (χ0v) is 10.2. The van der Waals surface area contributed by atoms with E-state index in [9.17, 15) is 21.6 Å². The minimum Gasteiger partial charge on any atom is -0.368 e. The van der Waals surface area contributed by atoms with E-state index in [1.807, 2.05) is 0 Å². The molecule has 0 aliphatic carbocycles. The summed E-state index contributed by atoms with van der Waals surface area (Å²) >= 11 is 0. The molecule has 0 fully saturated rings. The summed E-state index contributed by atoms with van der Waals surface area (Å²) in [5.74, 6) is -0.565. The molecule has 0 atom stereocenters. The van der Waals surface area contributed by atoms with Crippen LogP contribution >= 0.6 is 0 Å². The van der Waals surface area contributed by atoms with E-state index < -0.39 is 29.5 Å². The highest BCUT2D eigenvalue weighted by atomic mass is 32.2. The molecule has 0 amide bonds. The highest BCUT2D eigenvalue weighted by molar-refractivity contribution is 7.89. The molecule has 0 bridgehead atoms. The molecular weight excluding hydrogens is 247 g/mol. The molecule has 0 aromatic heterocycles. The predicted molar refractivity (Wildman–Crippen MR) is 53.3 cm³/mol. The molecule has 8 heteroatoms. The lowest BCUT2D eigenvalue weighted by Gasteiger charge is -2.23. The van der Waals surface area contributed by atoms with Gasteiger partial charge in [0.05, 0.1) is 5.75 Å². The lowest BCUT2D eigenvalue weighted by molar-refractivity contribution is -0.142. The second kappa shape index (κ2) is 5.83. The predicted octanol–water partition coefficient (Wildman–Crippen LogP) is 1.44. The average molecular weight is 263 g/mol. The molecule has 0 aliphatic heterocycles. The first-order valence-corrected chi connectivity index (χ1v) is 6.23. The van der Waals surface area contributed by atoms with E-state index in [1.165, 1.54) is 0 Å². The van der Waals surface area contributed by atoms with E-state index in [2.05, 4.69) is 4.74 Å².